The quantitative estimate of drug-likeness (QED) is 0.671. The van der Waals surface area contributed by atoms with E-state index in [9.17, 15) is 9.59 Å². The van der Waals surface area contributed by atoms with Crippen molar-refractivity contribution in [1.29, 1.82) is 0 Å². The summed E-state index contributed by atoms with van der Waals surface area (Å²) in [5.41, 5.74) is 0.157. The van der Waals surface area contributed by atoms with Crippen molar-refractivity contribution in [2.75, 3.05) is 7.11 Å². The van der Waals surface area contributed by atoms with Gasteiger partial charge in [0.25, 0.3) is 0 Å². The van der Waals surface area contributed by atoms with Crippen LogP contribution in [0.5, 0.6) is 0 Å². The van der Waals surface area contributed by atoms with Gasteiger partial charge in [0.1, 0.15) is 5.52 Å². The molecule has 3 aromatic rings. The minimum Gasteiger partial charge on any atom is -0.464 e. The smallest absolute Gasteiger partial charge is 0.368 e. The predicted molar refractivity (Wildman–Crippen MR) is 67.5 cm³/mol. The normalized spacial score (nSPS) is 11.1. The molecular formula is C11H7ClN4O3. The van der Waals surface area contributed by atoms with E-state index >= 15 is 0 Å². The molecule has 19 heavy (non-hydrogen) atoms. The van der Waals surface area contributed by atoms with Crippen molar-refractivity contribution in [2.24, 2.45) is 0 Å². The minimum atomic E-state index is -0.638. The number of ether oxygens (including phenoxy) is 1. The van der Waals surface area contributed by atoms with Crippen molar-refractivity contribution in [3.63, 3.8) is 0 Å². The molecule has 96 valence electrons. The van der Waals surface area contributed by atoms with E-state index in [4.69, 9.17) is 11.6 Å². The Labute approximate surface area is 110 Å². The average molecular weight is 279 g/mol. The van der Waals surface area contributed by atoms with Gasteiger partial charge in [-0.25, -0.2) is 14.8 Å². The summed E-state index contributed by atoms with van der Waals surface area (Å²) in [5, 5.41) is 7.26. The monoisotopic (exact) mass is 278 g/mol. The molecule has 8 heteroatoms. The zero-order valence-corrected chi connectivity index (χ0v) is 10.4. The van der Waals surface area contributed by atoms with E-state index in [1.54, 1.807) is 18.2 Å². The number of hydrogen-bond donors (Lipinski definition) is 1. The molecule has 3 rings (SSSR count). The largest absolute Gasteiger partial charge is 0.464 e. The summed E-state index contributed by atoms with van der Waals surface area (Å²) in [6.45, 7) is 0. The van der Waals surface area contributed by atoms with Crippen LogP contribution in [0.15, 0.2) is 23.0 Å². The first-order valence-electron chi connectivity index (χ1n) is 5.26. The Morgan fingerprint density at radius 3 is 3.00 bits per heavy atom. The molecule has 7 nitrogen and oxygen atoms in total. The number of nitrogens with one attached hydrogen (secondary N) is 1. The van der Waals surface area contributed by atoms with Crippen molar-refractivity contribution in [3.05, 3.63) is 39.4 Å². The van der Waals surface area contributed by atoms with Crippen LogP contribution in [0.25, 0.3) is 16.4 Å². The maximum absolute atomic E-state index is 11.8. The summed E-state index contributed by atoms with van der Waals surface area (Å²) in [6, 6.07) is 4.86. The van der Waals surface area contributed by atoms with E-state index in [-0.39, 0.29) is 5.69 Å². The van der Waals surface area contributed by atoms with Crippen LogP contribution in [-0.2, 0) is 4.74 Å². The van der Waals surface area contributed by atoms with Gasteiger partial charge in [0, 0.05) is 10.4 Å². The highest BCUT2D eigenvalue weighted by Gasteiger charge is 2.19. The Morgan fingerprint density at radius 1 is 1.47 bits per heavy atom. The Bertz CT molecular complexity index is 867. The zero-order valence-electron chi connectivity index (χ0n) is 9.68. The van der Waals surface area contributed by atoms with Gasteiger partial charge >= 0.3 is 11.7 Å². The lowest BCUT2D eigenvalue weighted by Gasteiger charge is -2.01. The first-order chi connectivity index (χ1) is 9.11. The maximum atomic E-state index is 11.8. The second-order valence-electron chi connectivity index (χ2n) is 3.79. The molecular weight excluding hydrogens is 272 g/mol. The van der Waals surface area contributed by atoms with E-state index in [2.05, 4.69) is 20.0 Å². The van der Waals surface area contributed by atoms with Gasteiger partial charge in [-0.15, -0.1) is 5.10 Å². The van der Waals surface area contributed by atoms with Crippen LogP contribution in [0.1, 0.15) is 10.5 Å². The number of nitrogens with zero attached hydrogens (tertiary/aromatic N) is 3. The lowest BCUT2D eigenvalue weighted by molar-refractivity contribution is 0.0596. The molecule has 1 aromatic carbocycles. The third-order valence-electron chi connectivity index (χ3n) is 2.71. The molecule has 0 saturated heterocycles. The molecule has 0 atom stereocenters. The molecule has 0 bridgehead atoms. The molecule has 0 amide bonds. The standard InChI is InChI=1S/C11H7ClN4O3/c1-19-10(17)8-9-6-3-2-5(12)4-7(6)13-11(18)16(9)15-14-8/h2-4,15H,1H3. The first-order valence-corrected chi connectivity index (χ1v) is 5.64. The molecule has 0 fully saturated rings. The van der Waals surface area contributed by atoms with Gasteiger partial charge in [0.2, 0.25) is 0 Å². The summed E-state index contributed by atoms with van der Waals surface area (Å²) >= 11 is 5.86. The molecule has 0 spiro atoms. The molecule has 2 aromatic heterocycles. The van der Waals surface area contributed by atoms with Crippen molar-refractivity contribution in [3.8, 4) is 0 Å². The summed E-state index contributed by atoms with van der Waals surface area (Å²) in [5.74, 6) is -0.638. The van der Waals surface area contributed by atoms with Gasteiger partial charge in [-0.2, -0.15) is 9.50 Å². The lowest BCUT2D eigenvalue weighted by atomic mass is 10.2. The highest BCUT2D eigenvalue weighted by molar-refractivity contribution is 6.31. The van der Waals surface area contributed by atoms with Gasteiger partial charge in [-0.3, -0.25) is 0 Å². The third kappa shape index (κ3) is 1.66. The molecule has 0 radical (unpaired) electrons. The number of benzene rings is 1. The minimum absolute atomic E-state index is 0.0225. The number of rotatable bonds is 1. The molecule has 0 aliphatic rings. The zero-order chi connectivity index (χ0) is 13.6. The van der Waals surface area contributed by atoms with Crippen molar-refractivity contribution < 1.29 is 9.53 Å². The van der Waals surface area contributed by atoms with Gasteiger partial charge in [0.05, 0.1) is 12.6 Å². The topological polar surface area (TPSA) is 89.4 Å². The number of H-pyrrole nitrogens is 1. The van der Waals surface area contributed by atoms with E-state index in [1.165, 1.54) is 7.11 Å². The number of hydrogen-bond acceptors (Lipinski definition) is 5. The number of aromatic amines is 1. The number of fused-ring (bicyclic) bond motifs is 3. The first kappa shape index (κ1) is 11.7. The average Bonchev–Trinajstić information content (AvgIpc) is 2.83. The van der Waals surface area contributed by atoms with Gasteiger partial charge in [-0.1, -0.05) is 11.6 Å². The van der Waals surface area contributed by atoms with Gasteiger partial charge in [-0.05, 0) is 18.2 Å². The van der Waals surface area contributed by atoms with E-state index in [1.807, 2.05) is 0 Å². The fourth-order valence-electron chi connectivity index (χ4n) is 1.88. The number of esters is 1. The Balaban J connectivity index is 2.53. The predicted octanol–water partition coefficient (Wildman–Crippen LogP) is 1.01. The van der Waals surface area contributed by atoms with Crippen molar-refractivity contribution in [2.45, 2.75) is 0 Å². The van der Waals surface area contributed by atoms with Crippen molar-refractivity contribution in [1.82, 2.24) is 19.8 Å². The number of aromatic nitrogens is 4. The van der Waals surface area contributed by atoms with Gasteiger partial charge in [0.15, 0.2) is 5.69 Å². The number of carbonyl (C=O) groups is 1. The van der Waals surface area contributed by atoms with Crippen LogP contribution in [0.3, 0.4) is 0 Å². The van der Waals surface area contributed by atoms with Crippen LogP contribution in [0.4, 0.5) is 0 Å². The molecule has 0 aliphatic heterocycles. The highest BCUT2D eigenvalue weighted by Crippen LogP contribution is 2.22. The summed E-state index contributed by atoms with van der Waals surface area (Å²) in [6.07, 6.45) is 0. The summed E-state index contributed by atoms with van der Waals surface area (Å²) in [4.78, 5) is 27.3. The van der Waals surface area contributed by atoms with Crippen LogP contribution in [-0.4, -0.2) is 32.9 Å². The SMILES string of the molecule is COC(=O)c1n[nH]n2c(=O)nc3cc(Cl)ccc3c12. The molecule has 0 saturated carbocycles. The molecule has 2 heterocycles. The molecule has 0 unspecified atom stereocenters. The maximum Gasteiger partial charge on any atom is 0.368 e. The van der Waals surface area contributed by atoms with Crippen LogP contribution < -0.4 is 5.69 Å². The fraction of sp³-hybridized carbons (Fsp3) is 0.0909. The van der Waals surface area contributed by atoms with E-state index in [0.717, 1.165) is 4.52 Å². The van der Waals surface area contributed by atoms with Crippen molar-refractivity contribution >= 4 is 34.0 Å². The van der Waals surface area contributed by atoms with Crippen LogP contribution in [0, 0.1) is 0 Å². The number of carbonyl (C=O) groups excluding carboxylic acids is 1. The number of halogens is 1. The number of methoxy groups -OCH3 is 1. The summed E-state index contributed by atoms with van der Waals surface area (Å²) in [7, 11) is 1.24. The Hall–Kier alpha value is -2.41. The van der Waals surface area contributed by atoms with E-state index in [0.29, 0.717) is 21.4 Å². The van der Waals surface area contributed by atoms with Crippen LogP contribution >= 0.6 is 11.6 Å². The van der Waals surface area contributed by atoms with Crippen LogP contribution in [0.2, 0.25) is 5.02 Å². The Morgan fingerprint density at radius 2 is 2.26 bits per heavy atom. The van der Waals surface area contributed by atoms with Gasteiger partial charge < -0.3 is 4.74 Å². The lowest BCUT2D eigenvalue weighted by Crippen LogP contribution is -2.17. The highest BCUT2D eigenvalue weighted by atomic mass is 35.5. The second kappa shape index (κ2) is 4.06. The summed E-state index contributed by atoms with van der Waals surface area (Å²) < 4.78 is 5.72. The molecule has 0 aliphatic carbocycles. The molecule has 1 N–H and O–H groups in total. The van der Waals surface area contributed by atoms with E-state index < -0.39 is 11.7 Å². The third-order valence-corrected chi connectivity index (χ3v) is 2.95. The fourth-order valence-corrected chi connectivity index (χ4v) is 2.05. The second-order valence-corrected chi connectivity index (χ2v) is 4.23. The Kier molecular flexibility index (Phi) is 2.49.